The van der Waals surface area contributed by atoms with Crippen LogP contribution in [0.1, 0.15) is 65.8 Å². The molecule has 2 aliphatic rings. The van der Waals surface area contributed by atoms with Gasteiger partial charge in [0.25, 0.3) is 5.91 Å². The van der Waals surface area contributed by atoms with E-state index in [2.05, 4.69) is 10.3 Å². The first-order valence-electron chi connectivity index (χ1n) is 13.0. The first kappa shape index (κ1) is 25.9. The molecule has 0 bridgehead atoms. The van der Waals surface area contributed by atoms with Crippen LogP contribution >= 0.6 is 0 Å². The van der Waals surface area contributed by atoms with Crippen molar-refractivity contribution in [1.29, 1.82) is 0 Å². The van der Waals surface area contributed by atoms with Crippen LogP contribution in [-0.4, -0.2) is 47.5 Å². The standard InChI is InChI=1S/C29H32FN3O5/c1-18(2)29(35)33-11-10-19-8-9-22(14-24(19)27(33)20-5-3-6-21(30)13-20)37-17-26-32-25(16-38-26)28(34)31-15-23-7-4-12-36-23/h3,5-6,8-9,13-14,16,18,23,27H,4,7,10-12,15,17H2,1-2H3,(H,31,34)/t23-,27+/m1/s1. The number of carbonyl (C=O) groups is 2. The van der Waals surface area contributed by atoms with Crippen LogP contribution < -0.4 is 10.1 Å². The summed E-state index contributed by atoms with van der Waals surface area (Å²) in [5.74, 6) is -0.0130. The van der Waals surface area contributed by atoms with Gasteiger partial charge in [-0.1, -0.05) is 32.0 Å². The Labute approximate surface area is 221 Å². The second kappa shape index (κ2) is 11.3. The van der Waals surface area contributed by atoms with Crippen LogP contribution in [0, 0.1) is 11.7 Å². The van der Waals surface area contributed by atoms with Gasteiger partial charge in [-0.05, 0) is 60.2 Å². The average molecular weight is 522 g/mol. The van der Waals surface area contributed by atoms with Gasteiger partial charge in [-0.15, -0.1) is 0 Å². The Morgan fingerprint density at radius 3 is 2.87 bits per heavy atom. The Hall–Kier alpha value is -3.72. The smallest absolute Gasteiger partial charge is 0.273 e. The number of halogens is 1. The van der Waals surface area contributed by atoms with Crippen LogP contribution in [0.5, 0.6) is 5.75 Å². The molecule has 0 spiro atoms. The van der Waals surface area contributed by atoms with Crippen molar-refractivity contribution in [2.45, 2.75) is 51.9 Å². The van der Waals surface area contributed by atoms with Crippen LogP contribution in [0.3, 0.4) is 0 Å². The summed E-state index contributed by atoms with van der Waals surface area (Å²) in [6, 6.07) is 11.7. The van der Waals surface area contributed by atoms with Crippen molar-refractivity contribution in [3.05, 3.63) is 82.8 Å². The van der Waals surface area contributed by atoms with Crippen molar-refractivity contribution in [3.63, 3.8) is 0 Å². The van der Waals surface area contributed by atoms with E-state index < -0.39 is 6.04 Å². The van der Waals surface area contributed by atoms with Gasteiger partial charge >= 0.3 is 0 Å². The molecule has 3 heterocycles. The lowest BCUT2D eigenvalue weighted by Crippen LogP contribution is -2.42. The zero-order valence-electron chi connectivity index (χ0n) is 21.6. The Morgan fingerprint density at radius 2 is 2.11 bits per heavy atom. The van der Waals surface area contributed by atoms with E-state index in [1.54, 1.807) is 6.07 Å². The number of aromatic nitrogens is 1. The van der Waals surface area contributed by atoms with E-state index in [1.165, 1.54) is 18.4 Å². The van der Waals surface area contributed by atoms with Crippen LogP contribution in [0.25, 0.3) is 0 Å². The fraction of sp³-hybridized carbons (Fsp3) is 0.414. The van der Waals surface area contributed by atoms with Gasteiger partial charge in [-0.25, -0.2) is 9.37 Å². The van der Waals surface area contributed by atoms with Gasteiger partial charge in [0.2, 0.25) is 11.8 Å². The highest BCUT2D eigenvalue weighted by molar-refractivity contribution is 5.91. The molecule has 0 aliphatic carbocycles. The second-order valence-corrected chi connectivity index (χ2v) is 10.0. The Balaban J connectivity index is 1.31. The van der Waals surface area contributed by atoms with Crippen LogP contribution in [0.4, 0.5) is 4.39 Å². The third-order valence-electron chi connectivity index (χ3n) is 6.95. The molecule has 2 aromatic carbocycles. The Morgan fingerprint density at radius 1 is 1.24 bits per heavy atom. The number of hydrogen-bond donors (Lipinski definition) is 1. The normalized spacial score (nSPS) is 18.9. The first-order chi connectivity index (χ1) is 18.4. The minimum Gasteiger partial charge on any atom is -0.484 e. The van der Waals surface area contributed by atoms with E-state index >= 15 is 0 Å². The van der Waals surface area contributed by atoms with E-state index in [-0.39, 0.29) is 47.8 Å². The number of carbonyl (C=O) groups excluding carboxylic acids is 2. The predicted molar refractivity (Wildman–Crippen MR) is 137 cm³/mol. The third kappa shape index (κ3) is 5.72. The molecule has 1 aromatic heterocycles. The number of nitrogens with one attached hydrogen (secondary N) is 1. The fourth-order valence-corrected chi connectivity index (χ4v) is 5.02. The number of fused-ring (bicyclic) bond motifs is 1. The first-order valence-corrected chi connectivity index (χ1v) is 13.0. The van der Waals surface area contributed by atoms with Crippen molar-refractivity contribution in [2.24, 2.45) is 5.92 Å². The summed E-state index contributed by atoms with van der Waals surface area (Å²) in [6.07, 6.45) is 3.99. The molecule has 200 valence electrons. The molecule has 0 radical (unpaired) electrons. The van der Waals surface area contributed by atoms with Gasteiger partial charge in [-0.3, -0.25) is 9.59 Å². The molecule has 2 amide bonds. The zero-order chi connectivity index (χ0) is 26.6. The number of oxazole rings is 1. The van der Waals surface area contributed by atoms with Crippen molar-refractivity contribution in [2.75, 3.05) is 19.7 Å². The number of ether oxygens (including phenoxy) is 2. The molecule has 8 nitrogen and oxygen atoms in total. The molecular formula is C29H32FN3O5. The number of hydrogen-bond acceptors (Lipinski definition) is 6. The predicted octanol–water partition coefficient (Wildman–Crippen LogP) is 4.43. The minimum absolute atomic E-state index is 0.0151. The van der Waals surface area contributed by atoms with Gasteiger partial charge < -0.3 is 24.1 Å². The van der Waals surface area contributed by atoms with E-state index in [1.807, 2.05) is 43.0 Å². The largest absolute Gasteiger partial charge is 0.484 e. The summed E-state index contributed by atoms with van der Waals surface area (Å²) in [5, 5.41) is 2.82. The van der Waals surface area contributed by atoms with Crippen molar-refractivity contribution in [3.8, 4) is 5.75 Å². The maximum absolute atomic E-state index is 14.2. The highest BCUT2D eigenvalue weighted by Gasteiger charge is 2.33. The molecule has 38 heavy (non-hydrogen) atoms. The Kier molecular flexibility index (Phi) is 7.74. The molecule has 0 unspecified atom stereocenters. The lowest BCUT2D eigenvalue weighted by Gasteiger charge is -2.39. The topological polar surface area (TPSA) is 93.9 Å². The summed E-state index contributed by atoms with van der Waals surface area (Å²) in [4.78, 5) is 31.5. The second-order valence-electron chi connectivity index (χ2n) is 10.0. The van der Waals surface area contributed by atoms with Gasteiger partial charge in [0.15, 0.2) is 12.3 Å². The molecule has 2 aliphatic heterocycles. The number of amides is 2. The highest BCUT2D eigenvalue weighted by atomic mass is 19.1. The van der Waals surface area contributed by atoms with Gasteiger partial charge in [-0.2, -0.15) is 0 Å². The average Bonchev–Trinajstić information content (AvgIpc) is 3.62. The summed E-state index contributed by atoms with van der Waals surface area (Å²) in [7, 11) is 0. The molecular weight excluding hydrogens is 489 g/mol. The quantitative estimate of drug-likeness (QED) is 0.471. The molecule has 1 fully saturated rings. The number of rotatable bonds is 8. The third-order valence-corrected chi connectivity index (χ3v) is 6.95. The van der Waals surface area contributed by atoms with E-state index in [0.717, 1.165) is 30.6 Å². The molecule has 1 N–H and O–H groups in total. The SMILES string of the molecule is CC(C)C(=O)N1CCc2ccc(OCc3nc(C(=O)NC[C@H]4CCCO4)co3)cc2[C@@H]1c1cccc(F)c1. The minimum atomic E-state index is -0.422. The summed E-state index contributed by atoms with van der Waals surface area (Å²) >= 11 is 0. The molecule has 9 heteroatoms. The molecule has 0 saturated carbocycles. The molecule has 2 atom stereocenters. The van der Waals surface area contributed by atoms with Crippen LogP contribution in [0.2, 0.25) is 0 Å². The van der Waals surface area contributed by atoms with Crippen molar-refractivity contribution >= 4 is 11.8 Å². The van der Waals surface area contributed by atoms with E-state index in [4.69, 9.17) is 13.9 Å². The van der Waals surface area contributed by atoms with Crippen LogP contribution in [0.15, 0.2) is 53.1 Å². The Bertz CT molecular complexity index is 1300. The summed E-state index contributed by atoms with van der Waals surface area (Å²) < 4.78 is 31.1. The van der Waals surface area contributed by atoms with Gasteiger partial charge in [0.1, 0.15) is 17.8 Å². The number of nitrogens with zero attached hydrogens (tertiary/aromatic N) is 2. The lowest BCUT2D eigenvalue weighted by molar-refractivity contribution is -0.136. The summed E-state index contributed by atoms with van der Waals surface area (Å²) in [6.45, 7) is 5.48. The van der Waals surface area contributed by atoms with Crippen LogP contribution in [-0.2, 0) is 22.6 Å². The molecule has 5 rings (SSSR count). The van der Waals surface area contributed by atoms with Crippen molar-refractivity contribution < 1.29 is 27.9 Å². The monoisotopic (exact) mass is 521 g/mol. The molecule has 1 saturated heterocycles. The van der Waals surface area contributed by atoms with E-state index in [9.17, 15) is 14.0 Å². The zero-order valence-corrected chi connectivity index (χ0v) is 21.6. The number of benzene rings is 2. The maximum atomic E-state index is 14.2. The highest BCUT2D eigenvalue weighted by Crippen LogP contribution is 2.38. The van der Waals surface area contributed by atoms with Crippen molar-refractivity contribution in [1.82, 2.24) is 15.2 Å². The van der Waals surface area contributed by atoms with Gasteiger partial charge in [0.05, 0.1) is 12.1 Å². The molecule has 3 aromatic rings. The van der Waals surface area contributed by atoms with E-state index in [0.29, 0.717) is 30.8 Å². The van der Waals surface area contributed by atoms with Gasteiger partial charge in [0, 0.05) is 25.6 Å². The lowest BCUT2D eigenvalue weighted by atomic mass is 9.87. The fourth-order valence-electron chi connectivity index (χ4n) is 5.02. The maximum Gasteiger partial charge on any atom is 0.273 e. The summed E-state index contributed by atoms with van der Waals surface area (Å²) in [5.41, 5.74) is 2.88.